The molecule has 0 bridgehead atoms. The number of ketones is 1. The molecule has 1 aliphatic heterocycles. The lowest BCUT2D eigenvalue weighted by atomic mass is 10.2. The number of aliphatic hydroxyl groups excluding tert-OH is 1. The number of hydrogen-bond acceptors (Lipinski definition) is 13. The van der Waals surface area contributed by atoms with Gasteiger partial charge in [0.25, 0.3) is 5.56 Å². The molecule has 184 valence electrons. The van der Waals surface area contributed by atoms with Crippen molar-refractivity contribution in [3.05, 3.63) is 16.7 Å². The molecule has 3 rings (SSSR count). The van der Waals surface area contributed by atoms with E-state index in [9.17, 15) is 33.3 Å². The summed E-state index contributed by atoms with van der Waals surface area (Å²) in [4.78, 5) is 60.9. The molecule has 2 aromatic rings. The van der Waals surface area contributed by atoms with Crippen LogP contribution >= 0.6 is 23.2 Å². The number of nitrogens with one attached hydrogen (secondary N) is 1. The highest BCUT2D eigenvalue weighted by molar-refractivity contribution is 7.68. The van der Waals surface area contributed by atoms with Gasteiger partial charge >= 0.3 is 23.2 Å². The minimum absolute atomic E-state index is 0.104. The fourth-order valence-corrected chi connectivity index (χ4v) is 6.69. The number of imidazole rings is 1. The molecular weight excluding hydrogens is 515 g/mol. The van der Waals surface area contributed by atoms with E-state index in [4.69, 9.17) is 24.8 Å². The van der Waals surface area contributed by atoms with Gasteiger partial charge in [-0.3, -0.25) is 23.7 Å². The number of nitrogens with zero attached hydrogens (tertiary/aromatic N) is 3. The van der Waals surface area contributed by atoms with Gasteiger partial charge in [-0.15, -0.1) is 0 Å². The van der Waals surface area contributed by atoms with Gasteiger partial charge in [0.2, 0.25) is 5.95 Å². The maximum Gasteiger partial charge on any atom is 0.488 e. The van der Waals surface area contributed by atoms with Crippen molar-refractivity contribution in [1.82, 2.24) is 19.5 Å². The highest BCUT2D eigenvalue weighted by atomic mass is 31.3. The summed E-state index contributed by atoms with van der Waals surface area (Å²) < 4.78 is 54.2. The maximum atomic E-state index is 12.6. The Morgan fingerprint density at radius 2 is 1.91 bits per heavy atom. The number of aromatic amines is 1. The first kappa shape index (κ1) is 25.8. The van der Waals surface area contributed by atoms with Gasteiger partial charge in [-0.2, -0.15) is 9.29 Å². The molecule has 3 heterocycles. The van der Waals surface area contributed by atoms with E-state index in [-0.39, 0.29) is 17.1 Å². The van der Waals surface area contributed by atoms with Gasteiger partial charge < -0.3 is 34.8 Å². The first-order chi connectivity index (χ1) is 15.1. The third-order valence-corrected chi connectivity index (χ3v) is 8.97. The number of carbonyl (C=O) groups is 1. The number of hydrogen-bond donors (Lipinski definition) is 6. The third kappa shape index (κ3) is 5.82. The van der Waals surface area contributed by atoms with Crippen LogP contribution < -0.4 is 11.3 Å². The Hall–Kier alpha value is -1.81. The van der Waals surface area contributed by atoms with Crippen LogP contribution in [0, 0.1) is 0 Å². The van der Waals surface area contributed by atoms with Crippen LogP contribution in [0.3, 0.4) is 0 Å². The predicted molar refractivity (Wildman–Crippen MR) is 106 cm³/mol. The van der Waals surface area contributed by atoms with Crippen molar-refractivity contribution in [2.45, 2.75) is 25.4 Å². The summed E-state index contributed by atoms with van der Waals surface area (Å²) in [5, 5.41) is 10.3. The number of phosphoric acid groups is 2. The maximum absolute atomic E-state index is 12.6. The first-order valence-electron chi connectivity index (χ1n) is 8.79. The van der Waals surface area contributed by atoms with E-state index in [1.54, 1.807) is 0 Å². The fraction of sp³-hybridized carbons (Fsp3) is 0.500. The minimum atomic E-state index is -5.52. The number of fused-ring (bicyclic) bond motifs is 1. The second-order valence-electron chi connectivity index (χ2n) is 6.48. The van der Waals surface area contributed by atoms with Crippen LogP contribution in [0.1, 0.15) is 13.2 Å². The van der Waals surface area contributed by atoms with Gasteiger partial charge in [0.05, 0.1) is 12.9 Å². The third-order valence-electron chi connectivity index (χ3n) is 4.15. The number of rotatable bonds is 9. The molecule has 3 unspecified atom stereocenters. The van der Waals surface area contributed by atoms with E-state index in [0.717, 1.165) is 10.9 Å². The SMILES string of the molecule is CCP(=O)(OC[C@H]1O[C@@H](n2cnc3c(=O)[nH]c(N)nc32)C(O)C1=O)OP(=O)(O)OP(=O)(O)O. The van der Waals surface area contributed by atoms with E-state index in [2.05, 4.69) is 23.6 Å². The summed E-state index contributed by atoms with van der Waals surface area (Å²) in [6, 6.07) is 0. The van der Waals surface area contributed by atoms with Crippen LogP contribution in [-0.2, 0) is 36.4 Å². The monoisotopic (exact) mass is 533 g/mol. The summed E-state index contributed by atoms with van der Waals surface area (Å²) >= 11 is 0. The number of aliphatic hydroxyl groups is 1. The summed E-state index contributed by atoms with van der Waals surface area (Å²) in [6.45, 7) is 0.342. The van der Waals surface area contributed by atoms with Gasteiger partial charge in [0.15, 0.2) is 29.3 Å². The van der Waals surface area contributed by atoms with Gasteiger partial charge in [0.1, 0.15) is 6.10 Å². The molecule has 1 fully saturated rings. The second kappa shape index (κ2) is 9.09. The molecule has 1 saturated heterocycles. The number of nitrogen functional groups attached to an aromatic ring is 1. The zero-order valence-corrected chi connectivity index (χ0v) is 19.1. The number of anilines is 1. The predicted octanol–water partition coefficient (Wildman–Crippen LogP) is -1.01. The molecule has 0 radical (unpaired) electrons. The minimum Gasteiger partial charge on any atom is -0.380 e. The Morgan fingerprint density at radius 1 is 1.24 bits per heavy atom. The molecule has 2 aromatic heterocycles. The molecule has 0 saturated carbocycles. The number of carbonyl (C=O) groups excluding carboxylic acids is 1. The molecular formula is C12H18N5O13P3. The molecule has 0 spiro atoms. The summed E-state index contributed by atoms with van der Waals surface area (Å²) in [5.74, 6) is -1.21. The summed E-state index contributed by atoms with van der Waals surface area (Å²) in [5.41, 5.74) is 4.56. The Bertz CT molecular complexity index is 1270. The fourth-order valence-electron chi connectivity index (χ4n) is 2.77. The first-order valence-corrected chi connectivity index (χ1v) is 13.5. The van der Waals surface area contributed by atoms with Crippen molar-refractivity contribution in [3.63, 3.8) is 0 Å². The van der Waals surface area contributed by atoms with Crippen molar-refractivity contribution in [1.29, 1.82) is 0 Å². The van der Waals surface area contributed by atoms with E-state index < -0.39 is 65.8 Å². The van der Waals surface area contributed by atoms with Crippen LogP contribution in [0.4, 0.5) is 5.95 Å². The largest absolute Gasteiger partial charge is 0.488 e. The average molecular weight is 533 g/mol. The molecule has 5 atom stereocenters. The second-order valence-corrected chi connectivity index (χ2v) is 11.8. The standard InChI is InChI=1S/C12H18N5O13P3/c1-2-31(21,29-33(25,26)30-32(22,23)24)27-3-5-7(18)8(19)11(28-5)17-4-14-6-9(17)15-12(13)16-10(6)20/h4-5,8,11,19H,2-3H2,1H3,(H,25,26)(H2,22,23,24)(H3,13,15,16,20)/t5-,8?,11-,31?/m1/s1. The number of Topliss-reactive ketones (excluding diaryl/α,β-unsaturated/α-hetero) is 1. The summed E-state index contributed by atoms with van der Waals surface area (Å²) in [7, 11) is -15.5. The van der Waals surface area contributed by atoms with Gasteiger partial charge in [-0.25, -0.2) is 18.4 Å². The number of aromatic nitrogens is 4. The molecule has 7 N–H and O–H groups in total. The van der Waals surface area contributed by atoms with E-state index in [1.807, 2.05) is 0 Å². The van der Waals surface area contributed by atoms with Crippen molar-refractivity contribution in [2.75, 3.05) is 18.5 Å². The van der Waals surface area contributed by atoms with Crippen molar-refractivity contribution >= 4 is 46.1 Å². The summed E-state index contributed by atoms with van der Waals surface area (Å²) in [6.07, 6.45) is -4.30. The lowest BCUT2D eigenvalue weighted by Gasteiger charge is -2.21. The lowest BCUT2D eigenvalue weighted by Crippen LogP contribution is -2.28. The molecule has 1 aliphatic rings. The zero-order valence-electron chi connectivity index (χ0n) is 16.4. The number of H-pyrrole nitrogens is 1. The molecule has 33 heavy (non-hydrogen) atoms. The van der Waals surface area contributed by atoms with Crippen LogP contribution in [0.25, 0.3) is 11.2 Å². The molecule has 18 nitrogen and oxygen atoms in total. The topological polar surface area (TPSA) is 276 Å². The quantitative estimate of drug-likeness (QED) is 0.210. The number of ether oxygens (including phenoxy) is 1. The molecule has 0 amide bonds. The Balaban J connectivity index is 1.76. The normalized spacial score (nSPS) is 25.2. The Kier molecular flexibility index (Phi) is 7.11. The molecule has 0 aliphatic carbocycles. The van der Waals surface area contributed by atoms with Crippen molar-refractivity contribution in [3.8, 4) is 0 Å². The number of nitrogens with two attached hydrogens (primary N) is 1. The molecule has 21 heteroatoms. The smallest absolute Gasteiger partial charge is 0.380 e. The van der Waals surface area contributed by atoms with Crippen LogP contribution in [0.5, 0.6) is 0 Å². The van der Waals surface area contributed by atoms with Gasteiger partial charge in [-0.1, -0.05) is 6.92 Å². The Morgan fingerprint density at radius 3 is 2.52 bits per heavy atom. The van der Waals surface area contributed by atoms with Gasteiger partial charge in [-0.05, 0) is 0 Å². The average Bonchev–Trinajstić information content (AvgIpc) is 3.20. The Labute approximate surface area is 183 Å². The molecule has 0 aromatic carbocycles. The van der Waals surface area contributed by atoms with E-state index in [0.29, 0.717) is 0 Å². The van der Waals surface area contributed by atoms with Crippen LogP contribution in [0.2, 0.25) is 0 Å². The van der Waals surface area contributed by atoms with Crippen molar-refractivity contribution in [2.24, 2.45) is 0 Å². The van der Waals surface area contributed by atoms with Crippen LogP contribution in [0.15, 0.2) is 11.1 Å². The van der Waals surface area contributed by atoms with Crippen LogP contribution in [-0.4, -0.2) is 70.1 Å². The van der Waals surface area contributed by atoms with E-state index >= 15 is 0 Å². The van der Waals surface area contributed by atoms with Gasteiger partial charge in [0, 0.05) is 6.16 Å². The highest BCUT2D eigenvalue weighted by Crippen LogP contribution is 2.67. The lowest BCUT2D eigenvalue weighted by molar-refractivity contribution is -0.128. The highest BCUT2D eigenvalue weighted by Gasteiger charge is 2.46. The van der Waals surface area contributed by atoms with Crippen molar-refractivity contribution < 1.29 is 56.2 Å². The zero-order chi connectivity index (χ0) is 24.8. The van der Waals surface area contributed by atoms with E-state index in [1.165, 1.54) is 6.92 Å².